The molecule has 0 unspecified atom stereocenters. The molecule has 0 saturated carbocycles. The summed E-state index contributed by atoms with van der Waals surface area (Å²) >= 11 is 0. The SMILES string of the molecule is COc1cc(Nc2nc(C)cc(C)c2C(=O)O)ccc1F. The molecule has 1 heterocycles. The fraction of sp³-hybridized carbons (Fsp3) is 0.200. The van der Waals surface area contributed by atoms with E-state index < -0.39 is 11.8 Å². The van der Waals surface area contributed by atoms with Gasteiger partial charge in [0, 0.05) is 17.4 Å². The molecule has 1 aromatic carbocycles. The van der Waals surface area contributed by atoms with Gasteiger partial charge in [0.2, 0.25) is 0 Å². The first kappa shape index (κ1) is 14.8. The molecule has 0 bridgehead atoms. The molecule has 2 rings (SSSR count). The van der Waals surface area contributed by atoms with E-state index in [0.29, 0.717) is 16.9 Å². The average molecular weight is 290 g/mol. The molecule has 0 amide bonds. The number of carboxylic acid groups (broad SMARTS) is 1. The van der Waals surface area contributed by atoms with E-state index in [0.717, 1.165) is 0 Å². The number of anilines is 2. The van der Waals surface area contributed by atoms with Gasteiger partial charge in [0.05, 0.1) is 7.11 Å². The standard InChI is InChI=1S/C15H15FN2O3/c1-8-6-9(2)17-14(13(8)15(19)20)18-10-4-5-11(16)12(7-10)21-3/h4-7H,1-3H3,(H,17,18)(H,19,20). The summed E-state index contributed by atoms with van der Waals surface area (Å²) < 4.78 is 18.3. The molecule has 0 aliphatic carbocycles. The number of hydrogen-bond donors (Lipinski definition) is 2. The lowest BCUT2D eigenvalue weighted by Gasteiger charge is -2.13. The highest BCUT2D eigenvalue weighted by atomic mass is 19.1. The van der Waals surface area contributed by atoms with Gasteiger partial charge in [-0.1, -0.05) is 0 Å². The van der Waals surface area contributed by atoms with E-state index in [1.807, 2.05) is 0 Å². The van der Waals surface area contributed by atoms with Crippen LogP contribution in [0.5, 0.6) is 5.75 Å². The summed E-state index contributed by atoms with van der Waals surface area (Å²) in [6, 6.07) is 5.87. The van der Waals surface area contributed by atoms with Crippen LogP contribution in [0.4, 0.5) is 15.9 Å². The van der Waals surface area contributed by atoms with Gasteiger partial charge in [-0.2, -0.15) is 0 Å². The number of aromatic nitrogens is 1. The number of nitrogens with zero attached hydrogens (tertiary/aromatic N) is 1. The second-order valence-corrected chi connectivity index (χ2v) is 4.58. The molecule has 21 heavy (non-hydrogen) atoms. The van der Waals surface area contributed by atoms with E-state index in [-0.39, 0.29) is 17.1 Å². The minimum absolute atomic E-state index is 0.0706. The number of pyridine rings is 1. The molecule has 110 valence electrons. The van der Waals surface area contributed by atoms with Crippen molar-refractivity contribution in [3.05, 3.63) is 46.9 Å². The molecule has 0 fully saturated rings. The van der Waals surface area contributed by atoms with Gasteiger partial charge >= 0.3 is 5.97 Å². The lowest BCUT2D eigenvalue weighted by atomic mass is 10.1. The molecule has 2 N–H and O–H groups in total. The van der Waals surface area contributed by atoms with E-state index in [9.17, 15) is 14.3 Å². The van der Waals surface area contributed by atoms with Gasteiger partial charge in [0.25, 0.3) is 0 Å². The van der Waals surface area contributed by atoms with Crippen molar-refractivity contribution in [2.45, 2.75) is 13.8 Å². The third kappa shape index (κ3) is 3.10. The summed E-state index contributed by atoms with van der Waals surface area (Å²) in [6.07, 6.45) is 0. The fourth-order valence-electron chi connectivity index (χ4n) is 2.07. The number of aryl methyl sites for hydroxylation is 2. The highest BCUT2D eigenvalue weighted by Crippen LogP contribution is 2.26. The summed E-state index contributed by atoms with van der Waals surface area (Å²) in [7, 11) is 1.36. The monoisotopic (exact) mass is 290 g/mol. The minimum Gasteiger partial charge on any atom is -0.494 e. The number of aromatic carboxylic acids is 1. The Hall–Kier alpha value is -2.63. The number of carbonyl (C=O) groups is 1. The Morgan fingerprint density at radius 3 is 2.67 bits per heavy atom. The van der Waals surface area contributed by atoms with Crippen LogP contribution in [0.1, 0.15) is 21.6 Å². The van der Waals surface area contributed by atoms with Gasteiger partial charge in [-0.05, 0) is 37.6 Å². The first-order chi connectivity index (χ1) is 9.92. The van der Waals surface area contributed by atoms with Crippen molar-refractivity contribution in [3.8, 4) is 5.75 Å². The van der Waals surface area contributed by atoms with E-state index in [1.54, 1.807) is 19.9 Å². The number of carboxylic acids is 1. The topological polar surface area (TPSA) is 71.5 Å². The van der Waals surface area contributed by atoms with Crippen molar-refractivity contribution in [3.63, 3.8) is 0 Å². The van der Waals surface area contributed by atoms with Crippen LogP contribution in [-0.2, 0) is 0 Å². The number of halogens is 1. The van der Waals surface area contributed by atoms with E-state index in [4.69, 9.17) is 4.74 Å². The molecular formula is C15H15FN2O3. The lowest BCUT2D eigenvalue weighted by Crippen LogP contribution is -2.08. The maximum atomic E-state index is 13.4. The first-order valence-corrected chi connectivity index (χ1v) is 6.24. The number of rotatable bonds is 4. The van der Waals surface area contributed by atoms with Crippen LogP contribution in [0, 0.1) is 19.7 Å². The summed E-state index contributed by atoms with van der Waals surface area (Å²) in [5.74, 6) is -1.28. The minimum atomic E-state index is -1.07. The third-order valence-electron chi connectivity index (χ3n) is 2.97. The third-order valence-corrected chi connectivity index (χ3v) is 2.97. The highest BCUT2D eigenvalue weighted by Gasteiger charge is 2.16. The van der Waals surface area contributed by atoms with Crippen LogP contribution in [0.2, 0.25) is 0 Å². The molecule has 1 aromatic heterocycles. The Balaban J connectivity index is 2.46. The number of nitrogens with one attached hydrogen (secondary N) is 1. The Kier molecular flexibility index (Phi) is 4.07. The lowest BCUT2D eigenvalue weighted by molar-refractivity contribution is 0.0697. The van der Waals surface area contributed by atoms with E-state index in [2.05, 4.69) is 10.3 Å². The second kappa shape index (κ2) is 5.78. The van der Waals surface area contributed by atoms with Crippen LogP contribution < -0.4 is 10.1 Å². The largest absolute Gasteiger partial charge is 0.494 e. The van der Waals surface area contributed by atoms with Gasteiger partial charge in [-0.25, -0.2) is 14.2 Å². The van der Waals surface area contributed by atoms with Gasteiger partial charge in [-0.3, -0.25) is 0 Å². The number of methoxy groups -OCH3 is 1. The number of ether oxygens (including phenoxy) is 1. The first-order valence-electron chi connectivity index (χ1n) is 6.24. The zero-order chi connectivity index (χ0) is 15.6. The maximum absolute atomic E-state index is 13.4. The van der Waals surface area contributed by atoms with Crippen LogP contribution in [0.15, 0.2) is 24.3 Å². The number of hydrogen-bond acceptors (Lipinski definition) is 4. The smallest absolute Gasteiger partial charge is 0.339 e. The Morgan fingerprint density at radius 1 is 1.33 bits per heavy atom. The molecular weight excluding hydrogens is 275 g/mol. The Labute approximate surface area is 121 Å². The van der Waals surface area contributed by atoms with Crippen LogP contribution in [0.3, 0.4) is 0 Å². The van der Waals surface area contributed by atoms with E-state index in [1.165, 1.54) is 25.3 Å². The predicted octanol–water partition coefficient (Wildman–Crippen LogP) is 3.29. The molecule has 0 saturated heterocycles. The van der Waals surface area contributed by atoms with Crippen molar-refractivity contribution in [1.29, 1.82) is 0 Å². The van der Waals surface area contributed by atoms with Crippen molar-refractivity contribution < 1.29 is 19.0 Å². The molecule has 0 spiro atoms. The van der Waals surface area contributed by atoms with Gasteiger partial charge < -0.3 is 15.2 Å². The average Bonchev–Trinajstić information content (AvgIpc) is 2.39. The van der Waals surface area contributed by atoms with Crippen molar-refractivity contribution >= 4 is 17.5 Å². The van der Waals surface area contributed by atoms with Crippen molar-refractivity contribution in [2.75, 3.05) is 12.4 Å². The van der Waals surface area contributed by atoms with Gasteiger partial charge in [-0.15, -0.1) is 0 Å². The van der Waals surface area contributed by atoms with Crippen molar-refractivity contribution in [1.82, 2.24) is 4.98 Å². The molecule has 0 atom stereocenters. The normalized spacial score (nSPS) is 10.3. The molecule has 5 nitrogen and oxygen atoms in total. The molecule has 0 aliphatic rings. The summed E-state index contributed by atoms with van der Waals surface area (Å²) in [5.41, 5.74) is 1.87. The zero-order valence-corrected chi connectivity index (χ0v) is 11.9. The zero-order valence-electron chi connectivity index (χ0n) is 11.9. The summed E-state index contributed by atoms with van der Waals surface area (Å²) in [6.45, 7) is 3.48. The maximum Gasteiger partial charge on any atom is 0.339 e. The van der Waals surface area contributed by atoms with Crippen LogP contribution in [-0.4, -0.2) is 23.2 Å². The fourth-order valence-corrected chi connectivity index (χ4v) is 2.07. The van der Waals surface area contributed by atoms with Crippen LogP contribution in [0.25, 0.3) is 0 Å². The molecule has 6 heteroatoms. The van der Waals surface area contributed by atoms with Crippen LogP contribution >= 0.6 is 0 Å². The van der Waals surface area contributed by atoms with Gasteiger partial charge in [0.15, 0.2) is 11.6 Å². The van der Waals surface area contributed by atoms with Gasteiger partial charge in [0.1, 0.15) is 11.4 Å². The van der Waals surface area contributed by atoms with E-state index >= 15 is 0 Å². The summed E-state index contributed by atoms with van der Waals surface area (Å²) in [4.78, 5) is 15.6. The quantitative estimate of drug-likeness (QED) is 0.904. The number of benzene rings is 1. The van der Waals surface area contributed by atoms with Crippen molar-refractivity contribution in [2.24, 2.45) is 0 Å². The Morgan fingerprint density at radius 2 is 2.05 bits per heavy atom. The molecule has 2 aromatic rings. The molecule has 0 radical (unpaired) electrons. The second-order valence-electron chi connectivity index (χ2n) is 4.58. The summed E-state index contributed by atoms with van der Waals surface area (Å²) in [5, 5.41) is 12.2. The molecule has 0 aliphatic heterocycles. The predicted molar refractivity (Wildman–Crippen MR) is 76.9 cm³/mol. The Bertz CT molecular complexity index is 702. The highest BCUT2D eigenvalue weighted by molar-refractivity contribution is 5.95.